The first kappa shape index (κ1) is 28.1. The smallest absolute Gasteiger partial charge is 0.335 e. The molecule has 1 heterocycles. The largest absolute Gasteiger partial charge is 0.490 e. The molecule has 0 saturated carbocycles. The lowest BCUT2D eigenvalue weighted by atomic mass is 10.0. The van der Waals surface area contributed by atoms with E-state index in [0.29, 0.717) is 46.9 Å². The van der Waals surface area contributed by atoms with E-state index in [4.69, 9.17) is 9.47 Å². The number of hydrogen-bond donors (Lipinski definition) is 1. The summed E-state index contributed by atoms with van der Waals surface area (Å²) in [5, 5.41) is 4.55. The molecular formula is C33H29BrN2O5. The van der Waals surface area contributed by atoms with Crippen LogP contribution in [0.1, 0.15) is 36.1 Å². The lowest BCUT2D eigenvalue weighted by Crippen LogP contribution is -2.54. The van der Waals surface area contributed by atoms with Gasteiger partial charge in [-0.1, -0.05) is 61.5 Å². The molecule has 4 aromatic carbocycles. The summed E-state index contributed by atoms with van der Waals surface area (Å²) in [7, 11) is 0. The molecule has 41 heavy (non-hydrogen) atoms. The van der Waals surface area contributed by atoms with Crippen LogP contribution in [0.4, 0.5) is 10.5 Å². The second-order valence-electron chi connectivity index (χ2n) is 9.57. The maximum atomic E-state index is 13.5. The van der Waals surface area contributed by atoms with Gasteiger partial charge < -0.3 is 9.47 Å². The lowest BCUT2D eigenvalue weighted by Gasteiger charge is -2.28. The van der Waals surface area contributed by atoms with Crippen molar-refractivity contribution in [2.45, 2.75) is 33.8 Å². The number of aryl methyl sites for hydroxylation is 2. The number of hydrogen-bond acceptors (Lipinski definition) is 5. The summed E-state index contributed by atoms with van der Waals surface area (Å²) < 4.78 is 12.8. The van der Waals surface area contributed by atoms with Gasteiger partial charge >= 0.3 is 6.03 Å². The molecule has 7 nitrogen and oxygen atoms in total. The minimum Gasteiger partial charge on any atom is -0.490 e. The van der Waals surface area contributed by atoms with E-state index in [9.17, 15) is 14.4 Å². The van der Waals surface area contributed by atoms with Gasteiger partial charge in [0, 0.05) is 5.56 Å². The quantitative estimate of drug-likeness (QED) is 0.169. The molecule has 8 heteroatoms. The van der Waals surface area contributed by atoms with Crippen molar-refractivity contribution in [3.05, 3.63) is 105 Å². The highest BCUT2D eigenvalue weighted by atomic mass is 79.9. The third-order valence-electron chi connectivity index (χ3n) is 6.99. The number of halogens is 1. The Balaban J connectivity index is 1.49. The number of fused-ring (bicyclic) bond motifs is 1. The normalized spacial score (nSPS) is 14.5. The number of para-hydroxylation sites is 1. The van der Waals surface area contributed by atoms with Crippen LogP contribution in [-0.4, -0.2) is 24.5 Å². The summed E-state index contributed by atoms with van der Waals surface area (Å²) in [5.74, 6) is -0.486. The molecule has 1 saturated heterocycles. The van der Waals surface area contributed by atoms with Crippen LogP contribution in [0.3, 0.4) is 0 Å². The summed E-state index contributed by atoms with van der Waals surface area (Å²) in [6, 6.07) is 22.2. The molecular weight excluding hydrogens is 584 g/mol. The zero-order chi connectivity index (χ0) is 29.1. The van der Waals surface area contributed by atoms with E-state index in [1.54, 1.807) is 24.3 Å². The monoisotopic (exact) mass is 612 g/mol. The van der Waals surface area contributed by atoms with Gasteiger partial charge in [-0.25, -0.2) is 9.69 Å². The maximum absolute atomic E-state index is 13.5. The fourth-order valence-corrected chi connectivity index (χ4v) is 5.50. The second-order valence-corrected chi connectivity index (χ2v) is 10.4. The predicted molar refractivity (Wildman–Crippen MR) is 163 cm³/mol. The number of imide groups is 2. The van der Waals surface area contributed by atoms with E-state index in [1.165, 1.54) is 6.08 Å². The predicted octanol–water partition coefficient (Wildman–Crippen LogP) is 7.12. The Bertz CT molecular complexity index is 1710. The Morgan fingerprint density at radius 3 is 2.46 bits per heavy atom. The Morgan fingerprint density at radius 2 is 1.68 bits per heavy atom. The SMILES string of the molecule is CCOc1cc(/C=C2/C(=O)NC(=O)N(c3ccccc3CC)C2=O)cc(Br)c1OCc1c(C)ccc2ccccc12. The van der Waals surface area contributed by atoms with E-state index >= 15 is 0 Å². The number of barbiturate groups is 1. The van der Waals surface area contributed by atoms with E-state index in [1.807, 2.05) is 38.1 Å². The van der Waals surface area contributed by atoms with Gasteiger partial charge in [0.15, 0.2) is 11.5 Å². The number of carbonyl (C=O) groups excluding carboxylic acids is 3. The van der Waals surface area contributed by atoms with Crippen molar-refractivity contribution < 1.29 is 23.9 Å². The zero-order valence-corrected chi connectivity index (χ0v) is 24.6. The van der Waals surface area contributed by atoms with Gasteiger partial charge in [-0.05, 0) is 87.9 Å². The molecule has 1 fully saturated rings. The first-order valence-corrected chi connectivity index (χ1v) is 14.2. The molecule has 0 spiro atoms. The number of ether oxygens (including phenoxy) is 2. The van der Waals surface area contributed by atoms with Gasteiger partial charge in [0.2, 0.25) is 0 Å². The van der Waals surface area contributed by atoms with Crippen LogP contribution in [-0.2, 0) is 22.6 Å². The van der Waals surface area contributed by atoms with Crippen LogP contribution < -0.4 is 19.7 Å². The molecule has 0 bridgehead atoms. The number of rotatable bonds is 8. The van der Waals surface area contributed by atoms with Crippen molar-refractivity contribution in [3.8, 4) is 11.5 Å². The Morgan fingerprint density at radius 1 is 0.927 bits per heavy atom. The third kappa shape index (κ3) is 5.60. The van der Waals surface area contributed by atoms with Crippen molar-refractivity contribution in [2.24, 2.45) is 0 Å². The van der Waals surface area contributed by atoms with Crippen LogP contribution >= 0.6 is 15.9 Å². The average molecular weight is 614 g/mol. The van der Waals surface area contributed by atoms with E-state index in [0.717, 1.165) is 32.4 Å². The Hall–Kier alpha value is -4.43. The standard InChI is InChI=1S/C33H29BrN2O5/c1-4-22-10-7-9-13-28(22)36-32(38)25(31(37)35-33(36)39)16-21-17-27(34)30(29(18-21)40-5-2)41-19-26-20(3)14-15-23-11-6-8-12-24(23)26/h6-18H,4-5,19H2,1-3H3,(H,35,37,39)/b25-16-. The highest BCUT2D eigenvalue weighted by molar-refractivity contribution is 9.10. The van der Waals surface area contributed by atoms with Gasteiger partial charge in [-0.3, -0.25) is 14.9 Å². The molecule has 0 radical (unpaired) electrons. The third-order valence-corrected chi connectivity index (χ3v) is 7.58. The zero-order valence-electron chi connectivity index (χ0n) is 23.0. The molecule has 0 aromatic heterocycles. The van der Waals surface area contributed by atoms with Crippen LogP contribution in [0.5, 0.6) is 11.5 Å². The van der Waals surface area contributed by atoms with Gasteiger partial charge in [0.25, 0.3) is 11.8 Å². The number of amides is 4. The average Bonchev–Trinajstić information content (AvgIpc) is 2.96. The molecule has 0 unspecified atom stereocenters. The number of urea groups is 1. The number of benzene rings is 4. The molecule has 1 N–H and O–H groups in total. The van der Waals surface area contributed by atoms with Crippen molar-refractivity contribution in [2.75, 3.05) is 11.5 Å². The second kappa shape index (κ2) is 12.0. The van der Waals surface area contributed by atoms with E-state index in [2.05, 4.69) is 52.4 Å². The summed E-state index contributed by atoms with van der Waals surface area (Å²) in [6.07, 6.45) is 2.07. The van der Waals surface area contributed by atoms with Crippen molar-refractivity contribution in [1.82, 2.24) is 5.32 Å². The molecule has 4 amide bonds. The Labute approximate surface area is 246 Å². The fraction of sp³-hybridized carbons (Fsp3) is 0.182. The Kier molecular flexibility index (Phi) is 8.21. The highest BCUT2D eigenvalue weighted by Gasteiger charge is 2.37. The first-order chi connectivity index (χ1) is 19.8. The highest BCUT2D eigenvalue weighted by Crippen LogP contribution is 2.39. The summed E-state index contributed by atoms with van der Waals surface area (Å²) in [4.78, 5) is 40.0. The molecule has 1 aliphatic heterocycles. The molecule has 208 valence electrons. The van der Waals surface area contributed by atoms with Crippen LogP contribution in [0.25, 0.3) is 16.8 Å². The fourth-order valence-electron chi connectivity index (χ4n) is 4.93. The summed E-state index contributed by atoms with van der Waals surface area (Å²) in [5.41, 5.74) is 3.82. The summed E-state index contributed by atoms with van der Waals surface area (Å²) in [6.45, 7) is 6.56. The van der Waals surface area contributed by atoms with Crippen LogP contribution in [0.15, 0.2) is 82.8 Å². The van der Waals surface area contributed by atoms with Crippen molar-refractivity contribution in [1.29, 1.82) is 0 Å². The van der Waals surface area contributed by atoms with Crippen LogP contribution in [0.2, 0.25) is 0 Å². The van der Waals surface area contributed by atoms with Gasteiger partial charge in [-0.15, -0.1) is 0 Å². The number of nitrogens with one attached hydrogen (secondary N) is 1. The van der Waals surface area contributed by atoms with Crippen LogP contribution in [0, 0.1) is 6.92 Å². The minimum atomic E-state index is -0.776. The molecule has 1 aliphatic rings. The lowest BCUT2D eigenvalue weighted by molar-refractivity contribution is -0.122. The first-order valence-electron chi connectivity index (χ1n) is 13.4. The molecule has 5 rings (SSSR count). The van der Waals surface area contributed by atoms with Gasteiger partial charge in [-0.2, -0.15) is 0 Å². The van der Waals surface area contributed by atoms with Crippen molar-refractivity contribution in [3.63, 3.8) is 0 Å². The molecule has 4 aromatic rings. The van der Waals surface area contributed by atoms with Gasteiger partial charge in [0.05, 0.1) is 16.8 Å². The maximum Gasteiger partial charge on any atom is 0.335 e. The van der Waals surface area contributed by atoms with Gasteiger partial charge in [0.1, 0.15) is 12.2 Å². The summed E-state index contributed by atoms with van der Waals surface area (Å²) >= 11 is 3.60. The van der Waals surface area contributed by atoms with Crippen molar-refractivity contribution >= 4 is 56.3 Å². The number of nitrogens with zero attached hydrogens (tertiary/aromatic N) is 1. The topological polar surface area (TPSA) is 84.9 Å². The minimum absolute atomic E-state index is 0.162. The number of anilines is 1. The number of carbonyl (C=O) groups is 3. The molecule has 0 aliphatic carbocycles. The molecule has 0 atom stereocenters. The van der Waals surface area contributed by atoms with E-state index < -0.39 is 17.8 Å². The van der Waals surface area contributed by atoms with E-state index in [-0.39, 0.29) is 5.57 Å².